The molecule has 0 bridgehead atoms. The molecule has 2 aliphatic rings. The average Bonchev–Trinajstić information content (AvgIpc) is 3.25. The van der Waals surface area contributed by atoms with E-state index < -0.39 is 0 Å². The maximum absolute atomic E-state index is 11.7. The maximum Gasteiger partial charge on any atom is 0.251 e. The van der Waals surface area contributed by atoms with Crippen molar-refractivity contribution in [3.63, 3.8) is 0 Å². The minimum Gasteiger partial charge on any atom is -0.330 e. The lowest BCUT2D eigenvalue weighted by Crippen LogP contribution is -2.34. The number of imidazole rings is 1. The Labute approximate surface area is 148 Å². The fourth-order valence-corrected chi connectivity index (χ4v) is 4.39. The topological polar surface area (TPSA) is 66.8 Å². The second-order valence-corrected chi connectivity index (χ2v) is 7.54. The molecule has 3 heterocycles. The summed E-state index contributed by atoms with van der Waals surface area (Å²) in [6.07, 6.45) is 11.4. The Bertz CT molecular complexity index is 766. The van der Waals surface area contributed by atoms with Gasteiger partial charge in [0, 0.05) is 30.8 Å². The number of hydrogen-bond donors (Lipinski definition) is 1. The van der Waals surface area contributed by atoms with Gasteiger partial charge in [0.1, 0.15) is 5.82 Å². The smallest absolute Gasteiger partial charge is 0.251 e. The summed E-state index contributed by atoms with van der Waals surface area (Å²) in [5.74, 6) is 1.11. The Balaban J connectivity index is 1.38. The summed E-state index contributed by atoms with van der Waals surface area (Å²) in [5.41, 5.74) is 2.26. The van der Waals surface area contributed by atoms with Gasteiger partial charge in [-0.15, -0.1) is 0 Å². The summed E-state index contributed by atoms with van der Waals surface area (Å²) >= 11 is 0. The van der Waals surface area contributed by atoms with Crippen molar-refractivity contribution in [2.75, 3.05) is 13.1 Å². The number of aryl methyl sites for hydroxylation is 1. The van der Waals surface area contributed by atoms with Gasteiger partial charge in [0.05, 0.1) is 17.7 Å². The highest BCUT2D eigenvalue weighted by molar-refractivity contribution is 5.10. The third-order valence-electron chi connectivity index (χ3n) is 5.74. The van der Waals surface area contributed by atoms with Crippen LogP contribution in [0.15, 0.2) is 23.4 Å². The maximum atomic E-state index is 11.7. The molecule has 1 saturated heterocycles. The molecule has 6 heteroatoms. The van der Waals surface area contributed by atoms with E-state index in [4.69, 9.17) is 0 Å². The molecule has 6 nitrogen and oxygen atoms in total. The van der Waals surface area contributed by atoms with Crippen LogP contribution in [-0.4, -0.2) is 37.5 Å². The van der Waals surface area contributed by atoms with Gasteiger partial charge >= 0.3 is 0 Å². The SMILES string of the molecule is Cc1nc(C2CCN(Cc3cncn3C3CCCC3)CC2)cc(=O)[nH]1. The van der Waals surface area contributed by atoms with Crippen LogP contribution < -0.4 is 5.56 Å². The Morgan fingerprint density at radius 3 is 2.68 bits per heavy atom. The molecule has 0 unspecified atom stereocenters. The number of hydrogen-bond acceptors (Lipinski definition) is 4. The van der Waals surface area contributed by atoms with Crippen molar-refractivity contribution in [2.24, 2.45) is 0 Å². The van der Waals surface area contributed by atoms with Gasteiger partial charge in [-0.05, 0) is 45.7 Å². The molecule has 2 fully saturated rings. The van der Waals surface area contributed by atoms with Crippen molar-refractivity contribution in [1.82, 2.24) is 24.4 Å². The lowest BCUT2D eigenvalue weighted by atomic mass is 9.93. The molecule has 1 aliphatic heterocycles. The molecule has 0 amide bonds. The summed E-state index contributed by atoms with van der Waals surface area (Å²) in [5, 5.41) is 0. The fraction of sp³-hybridized carbons (Fsp3) is 0.632. The first-order valence-corrected chi connectivity index (χ1v) is 9.50. The zero-order chi connectivity index (χ0) is 17.2. The Hall–Kier alpha value is -1.95. The predicted octanol–water partition coefficient (Wildman–Crippen LogP) is 2.77. The van der Waals surface area contributed by atoms with Crippen LogP contribution in [-0.2, 0) is 6.54 Å². The zero-order valence-corrected chi connectivity index (χ0v) is 14.9. The van der Waals surface area contributed by atoms with E-state index in [0.717, 1.165) is 38.2 Å². The second-order valence-electron chi connectivity index (χ2n) is 7.54. The van der Waals surface area contributed by atoms with Crippen molar-refractivity contribution in [3.05, 3.63) is 46.2 Å². The van der Waals surface area contributed by atoms with E-state index in [1.807, 2.05) is 19.4 Å². The normalized spacial score (nSPS) is 20.4. The highest BCUT2D eigenvalue weighted by atomic mass is 16.1. The second kappa shape index (κ2) is 7.12. The van der Waals surface area contributed by atoms with E-state index in [0.29, 0.717) is 17.8 Å². The summed E-state index contributed by atoms with van der Waals surface area (Å²) in [4.78, 5) is 25.9. The van der Waals surface area contributed by atoms with Crippen molar-refractivity contribution in [1.29, 1.82) is 0 Å². The molecule has 2 aromatic heterocycles. The van der Waals surface area contributed by atoms with Crippen LogP contribution in [0.25, 0.3) is 0 Å². The van der Waals surface area contributed by atoms with E-state index in [1.54, 1.807) is 6.07 Å². The average molecular weight is 341 g/mol. The molecule has 0 aromatic carbocycles. The number of nitrogens with one attached hydrogen (secondary N) is 1. The summed E-state index contributed by atoms with van der Waals surface area (Å²) in [6.45, 7) is 4.93. The molecule has 0 spiro atoms. The number of piperidine rings is 1. The first kappa shape index (κ1) is 16.5. The Morgan fingerprint density at radius 2 is 1.96 bits per heavy atom. The van der Waals surface area contributed by atoms with Crippen LogP contribution >= 0.6 is 0 Å². The number of aromatic amines is 1. The summed E-state index contributed by atoms with van der Waals surface area (Å²) < 4.78 is 2.40. The molecule has 0 atom stereocenters. The van der Waals surface area contributed by atoms with Gasteiger partial charge in [-0.2, -0.15) is 0 Å². The fourth-order valence-electron chi connectivity index (χ4n) is 4.39. The van der Waals surface area contributed by atoms with E-state index in [1.165, 1.54) is 31.4 Å². The van der Waals surface area contributed by atoms with Crippen molar-refractivity contribution >= 4 is 0 Å². The largest absolute Gasteiger partial charge is 0.330 e. The monoisotopic (exact) mass is 341 g/mol. The van der Waals surface area contributed by atoms with Gasteiger partial charge in [0.15, 0.2) is 0 Å². The van der Waals surface area contributed by atoms with Crippen LogP contribution in [0, 0.1) is 6.92 Å². The lowest BCUT2D eigenvalue weighted by molar-refractivity contribution is 0.197. The van der Waals surface area contributed by atoms with Gasteiger partial charge in [-0.3, -0.25) is 9.69 Å². The van der Waals surface area contributed by atoms with Gasteiger partial charge in [0.25, 0.3) is 5.56 Å². The Kier molecular flexibility index (Phi) is 4.70. The summed E-state index contributed by atoms with van der Waals surface area (Å²) in [7, 11) is 0. The van der Waals surface area contributed by atoms with Crippen LogP contribution in [0.5, 0.6) is 0 Å². The molecule has 0 radical (unpaired) electrons. The van der Waals surface area contributed by atoms with Crippen molar-refractivity contribution < 1.29 is 0 Å². The Morgan fingerprint density at radius 1 is 1.20 bits per heavy atom. The van der Waals surface area contributed by atoms with E-state index in [2.05, 4.69) is 24.4 Å². The molecule has 1 saturated carbocycles. The predicted molar refractivity (Wildman–Crippen MR) is 96.6 cm³/mol. The first-order valence-electron chi connectivity index (χ1n) is 9.50. The molecule has 2 aromatic rings. The standard InChI is InChI=1S/C19H27N5O/c1-14-21-18(10-19(25)22-14)15-6-8-23(9-7-15)12-17-11-20-13-24(17)16-4-2-3-5-16/h10-11,13,15-16H,2-9,12H2,1H3,(H,21,22,25). The molecule has 1 aliphatic carbocycles. The number of aromatic nitrogens is 4. The molecule has 1 N–H and O–H groups in total. The minimum atomic E-state index is -0.0367. The quantitative estimate of drug-likeness (QED) is 0.928. The van der Waals surface area contributed by atoms with Crippen LogP contribution in [0.3, 0.4) is 0 Å². The highest BCUT2D eigenvalue weighted by Crippen LogP contribution is 2.31. The van der Waals surface area contributed by atoms with Gasteiger partial charge in [0.2, 0.25) is 0 Å². The number of nitrogens with zero attached hydrogens (tertiary/aromatic N) is 4. The molecular formula is C19H27N5O. The van der Waals surface area contributed by atoms with Gasteiger partial charge < -0.3 is 9.55 Å². The van der Waals surface area contributed by atoms with Crippen molar-refractivity contribution in [3.8, 4) is 0 Å². The third kappa shape index (κ3) is 3.68. The van der Waals surface area contributed by atoms with E-state index in [9.17, 15) is 4.79 Å². The van der Waals surface area contributed by atoms with E-state index >= 15 is 0 Å². The summed E-state index contributed by atoms with van der Waals surface area (Å²) in [6, 6.07) is 2.32. The van der Waals surface area contributed by atoms with Crippen LogP contribution in [0.2, 0.25) is 0 Å². The molecule has 4 rings (SSSR count). The molecular weight excluding hydrogens is 314 g/mol. The van der Waals surface area contributed by atoms with Crippen LogP contribution in [0.1, 0.15) is 67.7 Å². The number of H-pyrrole nitrogens is 1. The minimum absolute atomic E-state index is 0.0367. The molecule has 25 heavy (non-hydrogen) atoms. The molecule has 134 valence electrons. The van der Waals surface area contributed by atoms with E-state index in [-0.39, 0.29) is 5.56 Å². The van der Waals surface area contributed by atoms with Gasteiger partial charge in [-0.25, -0.2) is 9.97 Å². The van der Waals surface area contributed by atoms with Gasteiger partial charge in [-0.1, -0.05) is 12.8 Å². The number of likely N-dealkylation sites (tertiary alicyclic amines) is 1. The lowest BCUT2D eigenvalue weighted by Gasteiger charge is -2.32. The number of rotatable bonds is 4. The van der Waals surface area contributed by atoms with Crippen molar-refractivity contribution in [2.45, 2.75) is 64.0 Å². The third-order valence-corrected chi connectivity index (χ3v) is 5.74. The highest BCUT2D eigenvalue weighted by Gasteiger charge is 2.24. The zero-order valence-electron chi connectivity index (χ0n) is 14.9. The van der Waals surface area contributed by atoms with Crippen LogP contribution in [0.4, 0.5) is 0 Å². The first-order chi connectivity index (χ1) is 12.2.